The highest BCUT2D eigenvalue weighted by Gasteiger charge is 2.40. The van der Waals surface area contributed by atoms with E-state index < -0.39 is 0 Å². The first-order valence-corrected chi connectivity index (χ1v) is 11.0. The van der Waals surface area contributed by atoms with Gasteiger partial charge >= 0.3 is 5.97 Å². The summed E-state index contributed by atoms with van der Waals surface area (Å²) >= 11 is 0. The van der Waals surface area contributed by atoms with E-state index in [0.717, 1.165) is 24.5 Å². The number of hydrogen-bond acceptors (Lipinski definition) is 4. The average Bonchev–Trinajstić information content (AvgIpc) is 3.70. The Kier molecular flexibility index (Phi) is 6.31. The Hall–Kier alpha value is -2.49. The minimum Gasteiger partial charge on any atom is -0.497 e. The van der Waals surface area contributed by atoms with Crippen molar-refractivity contribution in [2.45, 2.75) is 38.5 Å². The van der Waals surface area contributed by atoms with Crippen LogP contribution in [0.5, 0.6) is 11.5 Å². The van der Waals surface area contributed by atoms with E-state index >= 15 is 0 Å². The summed E-state index contributed by atoms with van der Waals surface area (Å²) in [5.74, 6) is 3.64. The van der Waals surface area contributed by atoms with E-state index in [0.29, 0.717) is 17.8 Å². The molecule has 0 aromatic heterocycles. The first-order valence-electron chi connectivity index (χ1n) is 11.0. The zero-order chi connectivity index (χ0) is 21.1. The van der Waals surface area contributed by atoms with Crippen molar-refractivity contribution in [2.75, 3.05) is 20.8 Å². The molecule has 4 rings (SSSR count). The largest absolute Gasteiger partial charge is 0.497 e. The second kappa shape index (κ2) is 9.11. The molecule has 0 unspecified atom stereocenters. The Balaban J connectivity index is 1.33. The SMILES string of the molecule is COC(=O)[C@@H](C)[C@H](c1cccc(OC[C@H]2C[C@@H]2Cc2cccc(OC)c2)c1)C1CC1. The van der Waals surface area contributed by atoms with Gasteiger partial charge in [-0.15, -0.1) is 0 Å². The van der Waals surface area contributed by atoms with Crippen LogP contribution in [-0.4, -0.2) is 26.8 Å². The van der Waals surface area contributed by atoms with Crippen LogP contribution in [0.15, 0.2) is 48.5 Å². The van der Waals surface area contributed by atoms with Gasteiger partial charge in [-0.3, -0.25) is 4.79 Å². The van der Waals surface area contributed by atoms with Crippen molar-refractivity contribution < 1.29 is 19.0 Å². The van der Waals surface area contributed by atoms with Crippen molar-refractivity contribution in [1.29, 1.82) is 0 Å². The fraction of sp³-hybridized carbons (Fsp3) is 0.500. The molecule has 2 aliphatic carbocycles. The maximum atomic E-state index is 12.1. The zero-order valence-electron chi connectivity index (χ0n) is 18.2. The van der Waals surface area contributed by atoms with Gasteiger partial charge in [0.2, 0.25) is 0 Å². The van der Waals surface area contributed by atoms with Crippen LogP contribution in [-0.2, 0) is 16.0 Å². The van der Waals surface area contributed by atoms with Gasteiger partial charge in [-0.25, -0.2) is 0 Å². The van der Waals surface area contributed by atoms with E-state index in [1.807, 2.05) is 25.1 Å². The van der Waals surface area contributed by atoms with E-state index in [2.05, 4.69) is 30.3 Å². The Morgan fingerprint density at radius 1 is 1.03 bits per heavy atom. The second-order valence-electron chi connectivity index (χ2n) is 8.87. The number of esters is 1. The quantitative estimate of drug-likeness (QED) is 0.503. The highest BCUT2D eigenvalue weighted by molar-refractivity contribution is 5.73. The molecule has 2 fully saturated rings. The minimum absolute atomic E-state index is 0.128. The molecule has 0 saturated heterocycles. The molecule has 0 heterocycles. The molecule has 2 aliphatic rings. The molecule has 4 heteroatoms. The van der Waals surface area contributed by atoms with Crippen molar-refractivity contribution in [3.8, 4) is 11.5 Å². The highest BCUT2D eigenvalue weighted by Crippen LogP contribution is 2.47. The predicted molar refractivity (Wildman–Crippen MR) is 117 cm³/mol. The maximum Gasteiger partial charge on any atom is 0.309 e. The summed E-state index contributed by atoms with van der Waals surface area (Å²) in [5.41, 5.74) is 2.52. The molecule has 4 nitrogen and oxygen atoms in total. The van der Waals surface area contributed by atoms with Crippen LogP contribution in [0.1, 0.15) is 43.2 Å². The molecule has 2 saturated carbocycles. The molecular formula is C26H32O4. The Morgan fingerprint density at radius 2 is 1.80 bits per heavy atom. The molecule has 2 aromatic carbocycles. The van der Waals surface area contributed by atoms with E-state index in [-0.39, 0.29) is 17.8 Å². The van der Waals surface area contributed by atoms with Crippen molar-refractivity contribution >= 4 is 5.97 Å². The summed E-state index contributed by atoms with van der Waals surface area (Å²) in [6.45, 7) is 2.73. The number of ether oxygens (including phenoxy) is 3. The molecule has 4 atom stereocenters. The smallest absolute Gasteiger partial charge is 0.309 e. The lowest BCUT2D eigenvalue weighted by Gasteiger charge is -2.23. The van der Waals surface area contributed by atoms with Crippen LogP contribution in [0.4, 0.5) is 0 Å². The number of carbonyl (C=O) groups is 1. The van der Waals surface area contributed by atoms with Crippen molar-refractivity contribution in [2.24, 2.45) is 23.7 Å². The second-order valence-corrected chi connectivity index (χ2v) is 8.87. The standard InChI is InChI=1S/C26H32O4/c1-17(26(27)29-3)25(19-10-11-19)20-7-5-9-24(15-20)30-16-22-14-21(22)12-18-6-4-8-23(13-18)28-2/h4-9,13,15,17,19,21-22,25H,10-12,14,16H2,1-3H3/t17-,21-,22+,25-/m0/s1. The first-order chi connectivity index (χ1) is 14.6. The fourth-order valence-corrected chi connectivity index (χ4v) is 4.64. The third-order valence-electron chi connectivity index (χ3n) is 6.65. The number of methoxy groups -OCH3 is 2. The van der Waals surface area contributed by atoms with Gasteiger partial charge in [0.25, 0.3) is 0 Å². The van der Waals surface area contributed by atoms with Crippen molar-refractivity contribution in [3.05, 3.63) is 59.7 Å². The Labute approximate surface area is 179 Å². The van der Waals surface area contributed by atoms with E-state index in [4.69, 9.17) is 14.2 Å². The highest BCUT2D eigenvalue weighted by atomic mass is 16.5. The van der Waals surface area contributed by atoms with Crippen LogP contribution in [0.2, 0.25) is 0 Å². The Bertz CT molecular complexity index is 873. The molecule has 0 N–H and O–H groups in total. The Morgan fingerprint density at radius 3 is 2.53 bits per heavy atom. The summed E-state index contributed by atoms with van der Waals surface area (Å²) in [7, 11) is 3.18. The maximum absolute atomic E-state index is 12.1. The van der Waals surface area contributed by atoms with E-state index in [9.17, 15) is 4.79 Å². The van der Waals surface area contributed by atoms with Crippen LogP contribution >= 0.6 is 0 Å². The summed E-state index contributed by atoms with van der Waals surface area (Å²) in [6, 6.07) is 16.7. The van der Waals surface area contributed by atoms with Gasteiger partial charge in [-0.1, -0.05) is 31.2 Å². The van der Waals surface area contributed by atoms with Crippen LogP contribution in [0, 0.1) is 23.7 Å². The minimum atomic E-state index is -0.131. The number of carbonyl (C=O) groups excluding carboxylic acids is 1. The molecular weight excluding hydrogens is 376 g/mol. The molecule has 0 bridgehead atoms. The third kappa shape index (κ3) is 4.97. The zero-order valence-corrected chi connectivity index (χ0v) is 18.2. The summed E-state index contributed by atoms with van der Waals surface area (Å²) in [4.78, 5) is 12.1. The van der Waals surface area contributed by atoms with Gasteiger partial charge in [0.1, 0.15) is 11.5 Å². The summed E-state index contributed by atoms with van der Waals surface area (Å²) in [6.07, 6.45) is 4.66. The van der Waals surface area contributed by atoms with E-state index in [1.165, 1.54) is 37.5 Å². The molecule has 0 aliphatic heterocycles. The average molecular weight is 409 g/mol. The third-order valence-corrected chi connectivity index (χ3v) is 6.65. The van der Waals surface area contributed by atoms with Crippen molar-refractivity contribution in [1.82, 2.24) is 0 Å². The lowest BCUT2D eigenvalue weighted by molar-refractivity contribution is -0.145. The van der Waals surface area contributed by atoms with Crippen LogP contribution < -0.4 is 9.47 Å². The summed E-state index contributed by atoms with van der Waals surface area (Å²) < 4.78 is 16.5. The topological polar surface area (TPSA) is 44.8 Å². The number of rotatable bonds is 10. The van der Waals surface area contributed by atoms with E-state index in [1.54, 1.807) is 7.11 Å². The van der Waals surface area contributed by atoms with Gasteiger partial charge in [0.15, 0.2) is 0 Å². The molecule has 30 heavy (non-hydrogen) atoms. The van der Waals surface area contributed by atoms with Gasteiger partial charge in [0.05, 0.1) is 26.7 Å². The molecule has 2 aromatic rings. The normalized spacial score (nSPS) is 22.1. The molecule has 160 valence electrons. The lowest BCUT2D eigenvalue weighted by Crippen LogP contribution is -2.22. The van der Waals surface area contributed by atoms with Gasteiger partial charge < -0.3 is 14.2 Å². The van der Waals surface area contributed by atoms with Crippen molar-refractivity contribution in [3.63, 3.8) is 0 Å². The lowest BCUT2D eigenvalue weighted by atomic mass is 9.83. The molecule has 0 amide bonds. The number of hydrogen-bond donors (Lipinski definition) is 0. The van der Waals surface area contributed by atoms with Gasteiger partial charge in [-0.2, -0.15) is 0 Å². The van der Waals surface area contributed by atoms with Crippen LogP contribution in [0.3, 0.4) is 0 Å². The summed E-state index contributed by atoms with van der Waals surface area (Å²) in [5, 5.41) is 0. The monoisotopic (exact) mass is 408 g/mol. The molecule has 0 spiro atoms. The van der Waals surface area contributed by atoms with Gasteiger partial charge in [0, 0.05) is 0 Å². The number of benzene rings is 2. The predicted octanol–water partition coefficient (Wildman–Crippen LogP) is 5.26. The first kappa shape index (κ1) is 20.8. The molecule has 0 radical (unpaired) electrons. The van der Waals surface area contributed by atoms with Gasteiger partial charge in [-0.05, 0) is 84.7 Å². The fourth-order valence-electron chi connectivity index (χ4n) is 4.64. The van der Waals surface area contributed by atoms with Crippen LogP contribution in [0.25, 0.3) is 0 Å².